The summed E-state index contributed by atoms with van der Waals surface area (Å²) in [5.41, 5.74) is 0.528. The molecule has 1 unspecified atom stereocenters. The molecule has 0 amide bonds. The monoisotopic (exact) mass is 342 g/mol. The first-order valence-electron chi connectivity index (χ1n) is 4.23. The Labute approximate surface area is 104 Å². The first-order chi connectivity index (χ1) is 7.01. The number of hydrogen-bond acceptors (Lipinski definition) is 1. The maximum absolute atomic E-state index is 13.3. The molecule has 1 aromatic rings. The number of rotatable bonds is 4. The van der Waals surface area contributed by atoms with Crippen LogP contribution >= 0.6 is 31.9 Å². The molecule has 1 atom stereocenters. The molecule has 1 rings (SSSR count). The van der Waals surface area contributed by atoms with Crippen molar-refractivity contribution in [3.63, 3.8) is 0 Å². The Morgan fingerprint density at radius 1 is 1.33 bits per heavy atom. The molecule has 5 heteroatoms. The predicted molar refractivity (Wildman–Crippen MR) is 63.4 cm³/mol. The average molecular weight is 344 g/mol. The van der Waals surface area contributed by atoms with Gasteiger partial charge in [-0.3, -0.25) is 0 Å². The molecule has 0 aliphatic carbocycles. The van der Waals surface area contributed by atoms with Gasteiger partial charge in [-0.25, -0.2) is 8.78 Å². The molecule has 0 spiro atoms. The molecule has 0 bridgehead atoms. The van der Waals surface area contributed by atoms with Gasteiger partial charge in [-0.05, 0) is 17.7 Å². The Kier molecular flexibility index (Phi) is 4.52. The van der Waals surface area contributed by atoms with Crippen molar-refractivity contribution in [2.75, 3.05) is 12.4 Å². The highest BCUT2D eigenvalue weighted by molar-refractivity contribution is 9.10. The largest absolute Gasteiger partial charge is 0.497 e. The standard InChI is InChI=1S/C10H10Br2F2O/c1-15-8-4-2-7(3-5-8)9(12)10(13,14)6-11/h2-5,9H,6H2,1H3. The topological polar surface area (TPSA) is 9.23 Å². The minimum Gasteiger partial charge on any atom is -0.497 e. The van der Waals surface area contributed by atoms with Gasteiger partial charge in [-0.1, -0.05) is 44.0 Å². The van der Waals surface area contributed by atoms with Gasteiger partial charge in [0.05, 0.1) is 12.4 Å². The van der Waals surface area contributed by atoms with Gasteiger partial charge in [0.25, 0.3) is 5.92 Å². The van der Waals surface area contributed by atoms with Crippen molar-refractivity contribution in [1.29, 1.82) is 0 Å². The third-order valence-corrected chi connectivity index (χ3v) is 3.90. The van der Waals surface area contributed by atoms with Crippen molar-refractivity contribution >= 4 is 31.9 Å². The molecule has 0 aliphatic heterocycles. The van der Waals surface area contributed by atoms with E-state index in [0.717, 1.165) is 0 Å². The minimum atomic E-state index is -2.81. The molecule has 0 fully saturated rings. The van der Waals surface area contributed by atoms with Gasteiger partial charge in [-0.2, -0.15) is 0 Å². The van der Waals surface area contributed by atoms with E-state index >= 15 is 0 Å². The van der Waals surface area contributed by atoms with Gasteiger partial charge in [0.15, 0.2) is 0 Å². The van der Waals surface area contributed by atoms with Gasteiger partial charge >= 0.3 is 0 Å². The van der Waals surface area contributed by atoms with Crippen molar-refractivity contribution in [1.82, 2.24) is 0 Å². The molecule has 0 N–H and O–H groups in total. The number of benzene rings is 1. The lowest BCUT2D eigenvalue weighted by atomic mass is 10.1. The Balaban J connectivity index is 2.87. The fraction of sp³-hybridized carbons (Fsp3) is 0.400. The number of methoxy groups -OCH3 is 1. The molecule has 0 saturated heterocycles. The lowest BCUT2D eigenvalue weighted by Crippen LogP contribution is -2.23. The van der Waals surface area contributed by atoms with E-state index in [1.165, 1.54) is 7.11 Å². The second kappa shape index (κ2) is 5.25. The minimum absolute atomic E-state index is 0.373. The van der Waals surface area contributed by atoms with Crippen molar-refractivity contribution in [3.8, 4) is 5.75 Å². The second-order valence-corrected chi connectivity index (χ2v) is 4.51. The molecule has 0 heterocycles. The molecule has 84 valence electrons. The van der Waals surface area contributed by atoms with Crippen LogP contribution in [0.3, 0.4) is 0 Å². The average Bonchev–Trinajstić information content (AvgIpc) is 2.28. The third-order valence-electron chi connectivity index (χ3n) is 1.96. The summed E-state index contributed by atoms with van der Waals surface area (Å²) in [5.74, 6) is -2.16. The van der Waals surface area contributed by atoms with Crippen LogP contribution in [-0.4, -0.2) is 18.4 Å². The van der Waals surface area contributed by atoms with Crippen LogP contribution < -0.4 is 4.74 Å². The van der Waals surface area contributed by atoms with Crippen molar-refractivity contribution < 1.29 is 13.5 Å². The molecule has 15 heavy (non-hydrogen) atoms. The van der Waals surface area contributed by atoms with Crippen LogP contribution in [0.4, 0.5) is 8.78 Å². The Morgan fingerprint density at radius 3 is 2.27 bits per heavy atom. The van der Waals surface area contributed by atoms with Crippen molar-refractivity contribution in [2.24, 2.45) is 0 Å². The van der Waals surface area contributed by atoms with Crippen LogP contribution in [0.2, 0.25) is 0 Å². The van der Waals surface area contributed by atoms with E-state index in [4.69, 9.17) is 4.74 Å². The van der Waals surface area contributed by atoms with E-state index in [0.29, 0.717) is 11.3 Å². The van der Waals surface area contributed by atoms with Gasteiger partial charge in [0.1, 0.15) is 10.6 Å². The fourth-order valence-corrected chi connectivity index (χ4v) is 2.31. The summed E-state index contributed by atoms with van der Waals surface area (Å²) < 4.78 is 31.5. The van der Waals surface area contributed by atoms with Gasteiger partial charge in [0, 0.05) is 0 Å². The van der Waals surface area contributed by atoms with Gasteiger partial charge < -0.3 is 4.74 Å². The number of halogens is 4. The summed E-state index contributed by atoms with van der Waals surface area (Å²) in [5, 5.41) is -0.373. The van der Waals surface area contributed by atoms with Gasteiger partial charge in [-0.15, -0.1) is 0 Å². The highest BCUT2D eigenvalue weighted by atomic mass is 79.9. The molecular formula is C10H10Br2F2O. The Bertz CT molecular complexity index is 314. The Hall–Kier alpha value is -0.160. The maximum Gasteiger partial charge on any atom is 0.273 e. The maximum atomic E-state index is 13.3. The van der Waals surface area contributed by atoms with E-state index in [-0.39, 0.29) is 5.33 Å². The molecule has 0 saturated carbocycles. The first kappa shape index (κ1) is 12.9. The first-order valence-corrected chi connectivity index (χ1v) is 6.27. The summed E-state index contributed by atoms with van der Waals surface area (Å²) in [6, 6.07) is 6.56. The SMILES string of the molecule is COc1ccc(C(Br)C(F)(F)CBr)cc1. The lowest BCUT2D eigenvalue weighted by Gasteiger charge is -2.20. The van der Waals surface area contributed by atoms with Crippen LogP contribution in [-0.2, 0) is 0 Å². The van der Waals surface area contributed by atoms with E-state index in [9.17, 15) is 8.78 Å². The lowest BCUT2D eigenvalue weighted by molar-refractivity contribution is 0.0280. The highest BCUT2D eigenvalue weighted by Crippen LogP contribution is 2.40. The quantitative estimate of drug-likeness (QED) is 0.746. The normalized spacial score (nSPS) is 13.7. The van der Waals surface area contributed by atoms with Crippen LogP contribution in [0.5, 0.6) is 5.75 Å². The summed E-state index contributed by atoms with van der Waals surface area (Å²) in [6.07, 6.45) is 0. The second-order valence-electron chi connectivity index (χ2n) is 3.03. The number of alkyl halides is 4. The zero-order valence-electron chi connectivity index (χ0n) is 8.01. The summed E-state index contributed by atoms with van der Waals surface area (Å²) in [4.78, 5) is -0.990. The zero-order chi connectivity index (χ0) is 11.5. The number of ether oxygens (including phenoxy) is 1. The zero-order valence-corrected chi connectivity index (χ0v) is 11.2. The third kappa shape index (κ3) is 3.14. The molecule has 0 aromatic heterocycles. The van der Waals surface area contributed by atoms with Crippen LogP contribution in [0.1, 0.15) is 10.4 Å². The number of hydrogen-bond donors (Lipinski definition) is 0. The summed E-state index contributed by atoms with van der Waals surface area (Å²) in [7, 11) is 1.54. The van der Waals surface area contributed by atoms with Crippen molar-refractivity contribution in [2.45, 2.75) is 10.7 Å². The van der Waals surface area contributed by atoms with Crippen LogP contribution in [0.15, 0.2) is 24.3 Å². The molecule has 0 radical (unpaired) electrons. The van der Waals surface area contributed by atoms with E-state index in [1.807, 2.05) is 0 Å². The van der Waals surface area contributed by atoms with E-state index in [2.05, 4.69) is 31.9 Å². The van der Waals surface area contributed by atoms with E-state index < -0.39 is 10.7 Å². The molecule has 0 aliphatic rings. The highest BCUT2D eigenvalue weighted by Gasteiger charge is 2.37. The molecular weight excluding hydrogens is 334 g/mol. The Morgan fingerprint density at radius 2 is 1.87 bits per heavy atom. The van der Waals surface area contributed by atoms with E-state index in [1.54, 1.807) is 24.3 Å². The fourth-order valence-electron chi connectivity index (χ4n) is 1.08. The molecule has 1 nitrogen and oxygen atoms in total. The van der Waals surface area contributed by atoms with Gasteiger partial charge in [0.2, 0.25) is 0 Å². The van der Waals surface area contributed by atoms with Crippen molar-refractivity contribution in [3.05, 3.63) is 29.8 Å². The van der Waals surface area contributed by atoms with Crippen LogP contribution in [0, 0.1) is 0 Å². The summed E-state index contributed by atoms with van der Waals surface area (Å²) >= 11 is 5.79. The smallest absolute Gasteiger partial charge is 0.273 e. The predicted octanol–water partition coefficient (Wildman–Crippen LogP) is 4.16. The molecule has 1 aromatic carbocycles. The summed E-state index contributed by atoms with van der Waals surface area (Å²) in [6.45, 7) is 0. The van der Waals surface area contributed by atoms with Crippen LogP contribution in [0.25, 0.3) is 0 Å².